The van der Waals surface area contributed by atoms with Gasteiger partial charge in [-0.2, -0.15) is 0 Å². The van der Waals surface area contributed by atoms with Crippen molar-refractivity contribution in [2.75, 3.05) is 6.61 Å². The fraction of sp³-hybridized carbons (Fsp3) is 0.632. The van der Waals surface area contributed by atoms with Crippen molar-refractivity contribution < 1.29 is 9.90 Å². The molecule has 0 saturated heterocycles. The van der Waals surface area contributed by atoms with E-state index < -0.39 is 0 Å². The number of carbonyl (C=O) groups excluding carboxylic acids is 1. The molecule has 3 nitrogen and oxygen atoms in total. The van der Waals surface area contributed by atoms with Crippen molar-refractivity contribution in [1.29, 1.82) is 0 Å². The molecule has 1 aromatic rings. The van der Waals surface area contributed by atoms with E-state index in [1.807, 2.05) is 6.07 Å². The summed E-state index contributed by atoms with van der Waals surface area (Å²) >= 11 is 0. The Morgan fingerprint density at radius 1 is 1.18 bits per heavy atom. The Morgan fingerprint density at radius 3 is 2.41 bits per heavy atom. The van der Waals surface area contributed by atoms with Crippen LogP contribution in [0, 0.1) is 5.92 Å². The minimum atomic E-state index is 0.0210. The number of amides is 1. The summed E-state index contributed by atoms with van der Waals surface area (Å²) in [6.45, 7) is 4.68. The molecule has 1 amide bonds. The normalized spacial score (nSPS) is 22.3. The largest absolute Gasteiger partial charge is 0.396 e. The average molecular weight is 303 g/mol. The lowest BCUT2D eigenvalue weighted by Gasteiger charge is -2.29. The van der Waals surface area contributed by atoms with Crippen LogP contribution in [0.2, 0.25) is 0 Å². The van der Waals surface area contributed by atoms with Crippen molar-refractivity contribution in [1.82, 2.24) is 5.32 Å². The van der Waals surface area contributed by atoms with Crippen LogP contribution >= 0.6 is 0 Å². The zero-order valence-corrected chi connectivity index (χ0v) is 13.8. The Bertz CT molecular complexity index is 462. The maximum Gasteiger partial charge on any atom is 0.220 e. The molecule has 0 radical (unpaired) electrons. The van der Waals surface area contributed by atoms with E-state index in [1.165, 1.54) is 5.56 Å². The first-order valence-electron chi connectivity index (χ1n) is 8.47. The molecule has 3 heteroatoms. The Morgan fingerprint density at radius 2 is 1.82 bits per heavy atom. The van der Waals surface area contributed by atoms with Crippen LogP contribution in [0.25, 0.3) is 0 Å². The number of hydrogen-bond acceptors (Lipinski definition) is 2. The molecule has 0 atom stereocenters. The molecule has 1 aliphatic carbocycles. The number of aliphatic hydroxyl groups is 1. The summed E-state index contributed by atoms with van der Waals surface area (Å²) in [5.41, 5.74) is 1.30. The zero-order valence-electron chi connectivity index (χ0n) is 13.8. The summed E-state index contributed by atoms with van der Waals surface area (Å²) in [5, 5.41) is 12.3. The van der Waals surface area contributed by atoms with Gasteiger partial charge in [-0.15, -0.1) is 0 Å². The Labute approximate surface area is 134 Å². The van der Waals surface area contributed by atoms with Crippen molar-refractivity contribution in [3.63, 3.8) is 0 Å². The van der Waals surface area contributed by atoms with E-state index in [9.17, 15) is 4.79 Å². The van der Waals surface area contributed by atoms with E-state index in [1.54, 1.807) is 0 Å². The van der Waals surface area contributed by atoms with Crippen LogP contribution in [0.15, 0.2) is 30.3 Å². The molecule has 1 fully saturated rings. The van der Waals surface area contributed by atoms with Crippen LogP contribution in [-0.2, 0) is 10.2 Å². The van der Waals surface area contributed by atoms with Gasteiger partial charge in [-0.3, -0.25) is 4.79 Å². The van der Waals surface area contributed by atoms with Gasteiger partial charge in [-0.1, -0.05) is 44.2 Å². The Hall–Kier alpha value is -1.35. The molecule has 1 aliphatic rings. The predicted octanol–water partition coefficient (Wildman–Crippen LogP) is 3.41. The number of nitrogens with one attached hydrogen (secondary N) is 1. The van der Waals surface area contributed by atoms with Gasteiger partial charge >= 0.3 is 0 Å². The van der Waals surface area contributed by atoms with Crippen LogP contribution < -0.4 is 5.32 Å². The first kappa shape index (κ1) is 17.0. The molecule has 0 bridgehead atoms. The fourth-order valence-corrected chi connectivity index (χ4v) is 3.25. The highest BCUT2D eigenvalue weighted by Crippen LogP contribution is 2.28. The molecule has 0 aliphatic heterocycles. The number of benzene rings is 1. The Kier molecular flexibility index (Phi) is 6.01. The smallest absolute Gasteiger partial charge is 0.220 e. The van der Waals surface area contributed by atoms with Gasteiger partial charge in [0.15, 0.2) is 0 Å². The third kappa shape index (κ3) is 4.84. The van der Waals surface area contributed by atoms with E-state index in [2.05, 4.69) is 43.4 Å². The highest BCUT2D eigenvalue weighted by molar-refractivity contribution is 5.76. The maximum absolute atomic E-state index is 12.2. The second-order valence-electron chi connectivity index (χ2n) is 7.22. The van der Waals surface area contributed by atoms with E-state index in [0.29, 0.717) is 18.4 Å². The summed E-state index contributed by atoms with van der Waals surface area (Å²) in [4.78, 5) is 12.2. The highest BCUT2D eigenvalue weighted by Gasteiger charge is 2.24. The summed E-state index contributed by atoms with van der Waals surface area (Å²) in [6, 6.07) is 10.7. The van der Waals surface area contributed by atoms with Crippen LogP contribution in [0.3, 0.4) is 0 Å². The van der Waals surface area contributed by atoms with Crippen molar-refractivity contribution in [2.45, 2.75) is 63.8 Å². The molecule has 0 aromatic heterocycles. The average Bonchev–Trinajstić information content (AvgIpc) is 2.55. The summed E-state index contributed by atoms with van der Waals surface area (Å²) in [5.74, 6) is 0.599. The molecular weight excluding hydrogens is 274 g/mol. The minimum absolute atomic E-state index is 0.0210. The number of aliphatic hydroxyl groups excluding tert-OH is 1. The lowest BCUT2D eigenvalue weighted by Crippen LogP contribution is -2.38. The molecule has 2 rings (SSSR count). The second kappa shape index (κ2) is 7.77. The van der Waals surface area contributed by atoms with Crippen LogP contribution in [-0.4, -0.2) is 23.7 Å². The molecule has 0 unspecified atom stereocenters. The molecule has 1 saturated carbocycles. The third-order valence-electron chi connectivity index (χ3n) is 5.00. The van der Waals surface area contributed by atoms with Crippen molar-refractivity contribution in [2.24, 2.45) is 5.92 Å². The van der Waals surface area contributed by atoms with E-state index in [4.69, 9.17) is 5.11 Å². The zero-order chi connectivity index (χ0) is 16.0. The lowest BCUT2D eigenvalue weighted by molar-refractivity contribution is -0.122. The summed E-state index contributed by atoms with van der Waals surface area (Å²) in [6.07, 6.45) is 5.47. The lowest BCUT2D eigenvalue weighted by atomic mass is 9.80. The molecule has 22 heavy (non-hydrogen) atoms. The molecule has 2 N–H and O–H groups in total. The molecule has 0 heterocycles. The van der Waals surface area contributed by atoms with Gasteiger partial charge in [-0.25, -0.2) is 0 Å². The van der Waals surface area contributed by atoms with Crippen molar-refractivity contribution >= 4 is 5.91 Å². The quantitative estimate of drug-likeness (QED) is 0.846. The van der Waals surface area contributed by atoms with Crippen LogP contribution in [0.1, 0.15) is 57.9 Å². The fourth-order valence-electron chi connectivity index (χ4n) is 3.25. The van der Waals surface area contributed by atoms with Crippen molar-refractivity contribution in [3.8, 4) is 0 Å². The summed E-state index contributed by atoms with van der Waals surface area (Å²) in [7, 11) is 0. The van der Waals surface area contributed by atoms with Gasteiger partial charge in [0.2, 0.25) is 5.91 Å². The first-order chi connectivity index (χ1) is 10.5. The van der Waals surface area contributed by atoms with Gasteiger partial charge in [-0.05, 0) is 49.0 Å². The van der Waals surface area contributed by atoms with Crippen LogP contribution in [0.5, 0.6) is 0 Å². The number of hydrogen-bond donors (Lipinski definition) is 2. The minimum Gasteiger partial charge on any atom is -0.396 e. The van der Waals surface area contributed by atoms with Gasteiger partial charge in [0.1, 0.15) is 0 Å². The summed E-state index contributed by atoms with van der Waals surface area (Å²) < 4.78 is 0. The molecular formula is C19H29NO2. The van der Waals surface area contributed by atoms with E-state index in [-0.39, 0.29) is 17.9 Å². The maximum atomic E-state index is 12.2. The second-order valence-corrected chi connectivity index (χ2v) is 7.22. The van der Waals surface area contributed by atoms with Gasteiger partial charge in [0, 0.05) is 19.1 Å². The van der Waals surface area contributed by atoms with Gasteiger partial charge in [0.25, 0.3) is 0 Å². The highest BCUT2D eigenvalue weighted by atomic mass is 16.3. The number of carbonyl (C=O) groups is 1. The third-order valence-corrected chi connectivity index (χ3v) is 5.00. The Balaban J connectivity index is 1.76. The first-order valence-corrected chi connectivity index (χ1v) is 8.47. The van der Waals surface area contributed by atoms with Crippen molar-refractivity contribution in [3.05, 3.63) is 35.9 Å². The van der Waals surface area contributed by atoms with E-state index in [0.717, 1.165) is 32.1 Å². The topological polar surface area (TPSA) is 49.3 Å². The van der Waals surface area contributed by atoms with Crippen LogP contribution in [0.4, 0.5) is 0 Å². The monoisotopic (exact) mass is 303 g/mol. The van der Waals surface area contributed by atoms with E-state index >= 15 is 0 Å². The molecule has 1 aromatic carbocycles. The van der Waals surface area contributed by atoms with Gasteiger partial charge < -0.3 is 10.4 Å². The number of rotatable bonds is 6. The standard InChI is InChI=1S/C19H29NO2/c1-19(2,16-6-4-3-5-7-16)13-12-18(22)20-17-10-8-15(14-21)9-11-17/h3-7,15,17,21H,8-14H2,1-2H3,(H,20,22). The molecule has 122 valence electrons. The SMILES string of the molecule is CC(C)(CCC(=O)NC1CCC(CO)CC1)c1ccccc1. The van der Waals surface area contributed by atoms with Gasteiger partial charge in [0.05, 0.1) is 0 Å². The molecule has 0 spiro atoms. The predicted molar refractivity (Wildman–Crippen MR) is 89.7 cm³/mol.